The topological polar surface area (TPSA) is 101 Å². The molecule has 3 rings (SSSR count). The molecule has 1 unspecified atom stereocenters. The van der Waals surface area contributed by atoms with Crippen molar-refractivity contribution in [3.8, 4) is 6.07 Å². The Kier molecular flexibility index (Phi) is 6.09. The minimum absolute atomic E-state index is 0.0346. The molecule has 1 atom stereocenters. The van der Waals surface area contributed by atoms with Gasteiger partial charge < -0.3 is 9.73 Å². The van der Waals surface area contributed by atoms with E-state index < -0.39 is 5.54 Å². The maximum Gasteiger partial charge on any atom is 0.262 e. The molecule has 8 heteroatoms. The second kappa shape index (κ2) is 8.53. The summed E-state index contributed by atoms with van der Waals surface area (Å²) in [6, 6.07) is 12.8. The lowest BCUT2D eigenvalue weighted by Gasteiger charge is -2.27. The van der Waals surface area contributed by atoms with Crippen molar-refractivity contribution in [2.24, 2.45) is 5.92 Å². The average Bonchev–Trinajstić information content (AvgIpc) is 3.22. The Morgan fingerprint density at radius 2 is 2.10 bits per heavy atom. The van der Waals surface area contributed by atoms with Gasteiger partial charge in [-0.05, 0) is 37.1 Å². The summed E-state index contributed by atoms with van der Waals surface area (Å²) >= 11 is 1.16. The lowest BCUT2D eigenvalue weighted by Crippen LogP contribution is -2.49. The van der Waals surface area contributed by atoms with Crippen LogP contribution in [-0.2, 0) is 11.3 Å². The van der Waals surface area contributed by atoms with Crippen LogP contribution < -0.4 is 10.9 Å². The summed E-state index contributed by atoms with van der Waals surface area (Å²) in [6.45, 7) is 5.67. The number of amides is 1. The minimum Gasteiger partial charge on any atom is -0.467 e. The monoisotopic (exact) mass is 410 g/mol. The van der Waals surface area contributed by atoms with Gasteiger partial charge in [0.05, 0.1) is 35.5 Å². The van der Waals surface area contributed by atoms with E-state index in [2.05, 4.69) is 16.4 Å². The van der Waals surface area contributed by atoms with Crippen LogP contribution in [0.15, 0.2) is 57.0 Å². The molecule has 29 heavy (non-hydrogen) atoms. The highest BCUT2D eigenvalue weighted by atomic mass is 32.2. The number of nitriles is 1. The smallest absolute Gasteiger partial charge is 0.262 e. The molecule has 1 aromatic carbocycles. The van der Waals surface area contributed by atoms with Crippen LogP contribution in [0.4, 0.5) is 0 Å². The van der Waals surface area contributed by atoms with Gasteiger partial charge in [0.25, 0.3) is 5.56 Å². The number of carbonyl (C=O) groups excluding carboxylic acids is 1. The predicted molar refractivity (Wildman–Crippen MR) is 112 cm³/mol. The van der Waals surface area contributed by atoms with E-state index in [1.165, 1.54) is 4.57 Å². The fourth-order valence-corrected chi connectivity index (χ4v) is 3.51. The lowest BCUT2D eigenvalue weighted by atomic mass is 9.90. The van der Waals surface area contributed by atoms with Gasteiger partial charge in [0.2, 0.25) is 5.91 Å². The van der Waals surface area contributed by atoms with Crippen molar-refractivity contribution < 1.29 is 9.21 Å². The van der Waals surface area contributed by atoms with Gasteiger partial charge in [0.15, 0.2) is 5.16 Å². The molecule has 0 aliphatic carbocycles. The largest absolute Gasteiger partial charge is 0.467 e. The van der Waals surface area contributed by atoms with Crippen LogP contribution in [0.25, 0.3) is 10.9 Å². The van der Waals surface area contributed by atoms with Crippen LogP contribution in [0.5, 0.6) is 0 Å². The molecule has 150 valence electrons. The van der Waals surface area contributed by atoms with E-state index in [9.17, 15) is 14.9 Å². The number of hydrogen-bond acceptors (Lipinski definition) is 6. The van der Waals surface area contributed by atoms with Crippen LogP contribution in [0.1, 0.15) is 26.5 Å². The average molecular weight is 410 g/mol. The number of aromatic nitrogens is 2. The highest BCUT2D eigenvalue weighted by molar-refractivity contribution is 7.99. The number of furan rings is 1. The number of nitrogens with zero attached hydrogens (tertiary/aromatic N) is 3. The molecule has 0 aliphatic heterocycles. The lowest BCUT2D eigenvalue weighted by molar-refractivity contribution is -0.120. The van der Waals surface area contributed by atoms with Crippen LogP contribution in [0.2, 0.25) is 0 Å². The Bertz CT molecular complexity index is 1120. The highest BCUT2D eigenvalue weighted by Crippen LogP contribution is 2.20. The normalized spacial score (nSPS) is 13.2. The molecule has 2 heterocycles. The Hall–Kier alpha value is -3.05. The van der Waals surface area contributed by atoms with E-state index in [0.717, 1.165) is 11.8 Å². The molecule has 0 aliphatic rings. The molecule has 1 N–H and O–H groups in total. The standard InChI is InChI=1S/C21H22N4O3S/c1-14(2)21(3,13-22)24-18(26)12-29-20-23-17-9-5-4-8-16(17)19(27)25(20)11-15-7-6-10-28-15/h4-10,14H,11-12H2,1-3H3,(H,24,26). The number of rotatable bonds is 7. The van der Waals surface area contributed by atoms with E-state index >= 15 is 0 Å². The van der Waals surface area contributed by atoms with Gasteiger partial charge in [-0.3, -0.25) is 14.2 Å². The first kappa shape index (κ1) is 20.7. The molecule has 3 aromatic rings. The van der Waals surface area contributed by atoms with Crippen molar-refractivity contribution in [3.05, 3.63) is 58.8 Å². The van der Waals surface area contributed by atoms with E-state index in [0.29, 0.717) is 21.8 Å². The van der Waals surface area contributed by atoms with Crippen LogP contribution in [-0.4, -0.2) is 26.8 Å². The maximum absolute atomic E-state index is 13.0. The number of hydrogen-bond donors (Lipinski definition) is 1. The van der Waals surface area contributed by atoms with Gasteiger partial charge >= 0.3 is 0 Å². The molecule has 0 radical (unpaired) electrons. The highest BCUT2D eigenvalue weighted by Gasteiger charge is 2.30. The summed E-state index contributed by atoms with van der Waals surface area (Å²) in [5.41, 5.74) is -0.582. The number of thioether (sulfide) groups is 1. The second-order valence-electron chi connectivity index (χ2n) is 7.19. The molecule has 7 nitrogen and oxygen atoms in total. The third-order valence-corrected chi connectivity index (χ3v) is 5.82. The molecular weight excluding hydrogens is 388 g/mol. The summed E-state index contributed by atoms with van der Waals surface area (Å²) in [5.74, 6) is 0.317. The minimum atomic E-state index is -0.956. The first-order chi connectivity index (χ1) is 13.8. The van der Waals surface area contributed by atoms with Gasteiger partial charge in [0, 0.05) is 0 Å². The van der Waals surface area contributed by atoms with Gasteiger partial charge in [0.1, 0.15) is 11.3 Å². The fourth-order valence-electron chi connectivity index (χ4n) is 2.71. The van der Waals surface area contributed by atoms with Crippen LogP contribution in [0.3, 0.4) is 0 Å². The number of carbonyl (C=O) groups is 1. The van der Waals surface area contributed by atoms with E-state index in [4.69, 9.17) is 4.42 Å². The molecule has 0 spiro atoms. The van der Waals surface area contributed by atoms with Gasteiger partial charge in [-0.15, -0.1) is 0 Å². The Labute approximate surface area is 172 Å². The zero-order chi connectivity index (χ0) is 21.0. The molecule has 0 fully saturated rings. The zero-order valence-electron chi connectivity index (χ0n) is 16.5. The van der Waals surface area contributed by atoms with Gasteiger partial charge in [-0.2, -0.15) is 5.26 Å². The number of nitrogens with one attached hydrogen (secondary N) is 1. The van der Waals surface area contributed by atoms with Gasteiger partial charge in [-0.1, -0.05) is 37.7 Å². The zero-order valence-corrected chi connectivity index (χ0v) is 17.3. The third-order valence-electron chi connectivity index (χ3n) is 4.84. The Balaban J connectivity index is 1.89. The first-order valence-electron chi connectivity index (χ1n) is 9.21. The molecule has 1 amide bonds. The SMILES string of the molecule is CC(C)C(C)(C#N)NC(=O)CSc1nc2ccccc2c(=O)n1Cc1ccco1. The van der Waals surface area contributed by atoms with E-state index in [1.807, 2.05) is 19.9 Å². The second-order valence-corrected chi connectivity index (χ2v) is 8.13. The molecular formula is C21H22N4O3S. The number of fused-ring (bicyclic) bond motifs is 1. The first-order valence-corrected chi connectivity index (χ1v) is 10.2. The summed E-state index contributed by atoms with van der Waals surface area (Å²) < 4.78 is 6.88. The quantitative estimate of drug-likeness (QED) is 0.474. The summed E-state index contributed by atoms with van der Waals surface area (Å²) in [5, 5.41) is 13.1. The summed E-state index contributed by atoms with van der Waals surface area (Å²) in [7, 11) is 0. The molecule has 0 saturated heterocycles. The van der Waals surface area contributed by atoms with Crippen molar-refractivity contribution in [2.45, 2.75) is 38.0 Å². The van der Waals surface area contributed by atoms with Gasteiger partial charge in [-0.25, -0.2) is 4.98 Å². The summed E-state index contributed by atoms with van der Waals surface area (Å²) in [6.07, 6.45) is 1.55. The Morgan fingerprint density at radius 3 is 2.76 bits per heavy atom. The Morgan fingerprint density at radius 1 is 1.34 bits per heavy atom. The maximum atomic E-state index is 13.0. The van der Waals surface area contributed by atoms with E-state index in [-0.39, 0.29) is 29.7 Å². The third kappa shape index (κ3) is 4.51. The van der Waals surface area contributed by atoms with Crippen molar-refractivity contribution in [2.75, 3.05) is 5.75 Å². The van der Waals surface area contributed by atoms with Crippen molar-refractivity contribution in [3.63, 3.8) is 0 Å². The number of para-hydroxylation sites is 1. The van der Waals surface area contributed by atoms with Crippen molar-refractivity contribution in [1.82, 2.24) is 14.9 Å². The van der Waals surface area contributed by atoms with Crippen LogP contribution >= 0.6 is 11.8 Å². The molecule has 0 bridgehead atoms. The van der Waals surface area contributed by atoms with Crippen LogP contribution in [0, 0.1) is 17.2 Å². The molecule has 0 saturated carbocycles. The van der Waals surface area contributed by atoms with Crippen molar-refractivity contribution in [1.29, 1.82) is 5.26 Å². The fraction of sp³-hybridized carbons (Fsp3) is 0.333. The molecule has 2 aromatic heterocycles. The van der Waals surface area contributed by atoms with Crippen molar-refractivity contribution >= 4 is 28.6 Å². The number of benzene rings is 1. The van der Waals surface area contributed by atoms with E-state index in [1.54, 1.807) is 43.5 Å². The summed E-state index contributed by atoms with van der Waals surface area (Å²) in [4.78, 5) is 30.0. The predicted octanol–water partition coefficient (Wildman–Crippen LogP) is 3.18.